The first-order chi connectivity index (χ1) is 8.58. The van der Waals surface area contributed by atoms with Crippen LogP contribution < -0.4 is 5.32 Å². The number of aromatic nitrogens is 2. The molecular weight excluding hydrogens is 246 g/mol. The molecule has 2 heterocycles. The molecule has 0 amide bonds. The van der Waals surface area contributed by atoms with Crippen molar-refractivity contribution in [3.63, 3.8) is 0 Å². The van der Waals surface area contributed by atoms with Gasteiger partial charge in [-0.15, -0.1) is 10.2 Å². The Morgan fingerprint density at radius 2 is 2.00 bits per heavy atom. The molecule has 102 valence electrons. The minimum absolute atomic E-state index is 0.241. The maximum atomic E-state index is 5.89. The van der Waals surface area contributed by atoms with Gasteiger partial charge in [-0.1, -0.05) is 25.2 Å². The van der Waals surface area contributed by atoms with Crippen LogP contribution >= 0.6 is 11.3 Å². The van der Waals surface area contributed by atoms with Gasteiger partial charge < -0.3 is 10.1 Å². The normalized spacial score (nSPS) is 33.8. The van der Waals surface area contributed by atoms with Gasteiger partial charge >= 0.3 is 0 Å². The van der Waals surface area contributed by atoms with Crippen molar-refractivity contribution >= 4 is 11.3 Å². The van der Waals surface area contributed by atoms with Gasteiger partial charge in [-0.2, -0.15) is 0 Å². The standard InChI is InChI=1S/C13H23N3OS/c1-6-10(14-5)12-15-16-13(18-12)11-7(2)8(3)17-9(11)4/h7-11,14H,6H2,1-5H3. The van der Waals surface area contributed by atoms with Crippen molar-refractivity contribution in [1.82, 2.24) is 15.5 Å². The fraction of sp³-hybridized carbons (Fsp3) is 0.846. The summed E-state index contributed by atoms with van der Waals surface area (Å²) in [6.07, 6.45) is 1.59. The maximum Gasteiger partial charge on any atom is 0.134 e. The highest BCUT2D eigenvalue weighted by Gasteiger charge is 2.40. The average molecular weight is 269 g/mol. The zero-order chi connectivity index (χ0) is 13.3. The minimum Gasteiger partial charge on any atom is -0.375 e. The Hall–Kier alpha value is -0.520. The Labute approximate surface area is 113 Å². The summed E-state index contributed by atoms with van der Waals surface area (Å²) in [7, 11) is 1.97. The van der Waals surface area contributed by atoms with Crippen LogP contribution in [0.5, 0.6) is 0 Å². The largest absolute Gasteiger partial charge is 0.375 e. The number of nitrogens with zero attached hydrogens (tertiary/aromatic N) is 2. The molecule has 5 atom stereocenters. The first-order valence-electron chi connectivity index (χ1n) is 6.74. The van der Waals surface area contributed by atoms with Gasteiger partial charge in [0.2, 0.25) is 0 Å². The lowest BCUT2D eigenvalue weighted by atomic mass is 9.90. The van der Waals surface area contributed by atoms with Gasteiger partial charge in [0.25, 0.3) is 0 Å². The molecule has 1 saturated heterocycles. The van der Waals surface area contributed by atoms with Crippen LogP contribution in [-0.4, -0.2) is 29.5 Å². The minimum atomic E-state index is 0.241. The van der Waals surface area contributed by atoms with E-state index in [4.69, 9.17) is 4.74 Å². The third-order valence-corrected chi connectivity index (χ3v) is 5.18. The van der Waals surface area contributed by atoms with Crippen molar-refractivity contribution in [3.05, 3.63) is 10.0 Å². The second-order valence-corrected chi connectivity index (χ2v) is 6.20. The van der Waals surface area contributed by atoms with E-state index in [0.717, 1.165) is 16.4 Å². The van der Waals surface area contributed by atoms with Gasteiger partial charge in [0.1, 0.15) is 10.0 Å². The summed E-state index contributed by atoms with van der Waals surface area (Å²) < 4.78 is 5.89. The Bertz CT molecular complexity index is 391. The molecule has 2 rings (SSSR count). The molecule has 0 saturated carbocycles. The molecule has 0 bridgehead atoms. The van der Waals surface area contributed by atoms with Crippen LogP contribution in [0.3, 0.4) is 0 Å². The summed E-state index contributed by atoms with van der Waals surface area (Å²) in [4.78, 5) is 0. The van der Waals surface area contributed by atoms with Crippen LogP contribution in [0, 0.1) is 5.92 Å². The molecule has 5 heteroatoms. The molecule has 0 spiro atoms. The van der Waals surface area contributed by atoms with Crippen molar-refractivity contribution in [2.75, 3.05) is 7.05 Å². The maximum absolute atomic E-state index is 5.89. The van der Waals surface area contributed by atoms with E-state index in [1.165, 1.54) is 0 Å². The molecule has 5 unspecified atom stereocenters. The first-order valence-corrected chi connectivity index (χ1v) is 7.56. The highest BCUT2D eigenvalue weighted by molar-refractivity contribution is 7.11. The van der Waals surface area contributed by atoms with Crippen molar-refractivity contribution < 1.29 is 4.74 Å². The van der Waals surface area contributed by atoms with E-state index in [1.807, 2.05) is 7.05 Å². The zero-order valence-corrected chi connectivity index (χ0v) is 12.6. The first kappa shape index (κ1) is 13.9. The highest BCUT2D eigenvalue weighted by atomic mass is 32.1. The van der Waals surface area contributed by atoms with Gasteiger partial charge in [0, 0.05) is 5.92 Å². The number of rotatable bonds is 4. The topological polar surface area (TPSA) is 47.0 Å². The number of nitrogens with one attached hydrogen (secondary N) is 1. The quantitative estimate of drug-likeness (QED) is 0.913. The molecule has 4 nitrogen and oxygen atoms in total. The van der Waals surface area contributed by atoms with Crippen molar-refractivity contribution in [3.8, 4) is 0 Å². The number of ether oxygens (including phenoxy) is 1. The average Bonchev–Trinajstić information content (AvgIpc) is 2.88. The van der Waals surface area contributed by atoms with Crippen LogP contribution in [0.15, 0.2) is 0 Å². The van der Waals surface area contributed by atoms with Gasteiger partial charge in [0.05, 0.1) is 18.2 Å². The van der Waals surface area contributed by atoms with Gasteiger partial charge in [-0.3, -0.25) is 0 Å². The van der Waals surface area contributed by atoms with Gasteiger partial charge in [-0.05, 0) is 33.2 Å². The molecule has 1 aromatic heterocycles. The Morgan fingerprint density at radius 1 is 1.28 bits per heavy atom. The van der Waals surface area contributed by atoms with E-state index in [1.54, 1.807) is 11.3 Å². The summed E-state index contributed by atoms with van der Waals surface area (Å²) in [6.45, 7) is 8.69. The van der Waals surface area contributed by atoms with Crippen LogP contribution in [0.1, 0.15) is 56.1 Å². The fourth-order valence-corrected chi connectivity index (χ4v) is 4.06. The fourth-order valence-electron chi connectivity index (χ4n) is 2.72. The third-order valence-electron chi connectivity index (χ3n) is 4.04. The predicted octanol–water partition coefficient (Wildman–Crippen LogP) is 2.74. The lowest BCUT2D eigenvalue weighted by molar-refractivity contribution is 0.0556. The molecule has 18 heavy (non-hydrogen) atoms. The molecule has 0 radical (unpaired) electrons. The molecule has 1 aliphatic rings. The van der Waals surface area contributed by atoms with E-state index >= 15 is 0 Å². The molecule has 0 aliphatic carbocycles. The molecule has 1 aliphatic heterocycles. The van der Waals surface area contributed by atoms with E-state index in [2.05, 4.69) is 43.2 Å². The van der Waals surface area contributed by atoms with Gasteiger partial charge in [0.15, 0.2) is 0 Å². The third kappa shape index (κ3) is 2.44. The van der Waals surface area contributed by atoms with Crippen molar-refractivity contribution in [2.45, 2.75) is 58.3 Å². The van der Waals surface area contributed by atoms with E-state index in [0.29, 0.717) is 24.0 Å². The predicted molar refractivity (Wildman–Crippen MR) is 73.9 cm³/mol. The summed E-state index contributed by atoms with van der Waals surface area (Å²) >= 11 is 1.73. The molecule has 1 fully saturated rings. The molecular formula is C13H23N3OS. The summed E-state index contributed by atoms with van der Waals surface area (Å²) in [5.74, 6) is 0.899. The SMILES string of the molecule is CCC(NC)c1nnc(C2C(C)OC(C)C2C)s1. The Balaban J connectivity index is 2.19. The van der Waals surface area contributed by atoms with Crippen LogP contribution in [0.2, 0.25) is 0 Å². The Morgan fingerprint density at radius 3 is 2.50 bits per heavy atom. The lowest BCUT2D eigenvalue weighted by Crippen LogP contribution is -2.15. The number of hydrogen-bond donors (Lipinski definition) is 1. The van der Waals surface area contributed by atoms with E-state index in [9.17, 15) is 0 Å². The summed E-state index contributed by atoms with van der Waals surface area (Å²) in [5.41, 5.74) is 0. The van der Waals surface area contributed by atoms with Crippen LogP contribution in [0.25, 0.3) is 0 Å². The van der Waals surface area contributed by atoms with Crippen molar-refractivity contribution in [2.24, 2.45) is 5.92 Å². The Kier molecular flexibility index (Phi) is 4.35. The van der Waals surface area contributed by atoms with Crippen LogP contribution in [-0.2, 0) is 4.74 Å². The molecule has 1 N–H and O–H groups in total. The zero-order valence-electron chi connectivity index (χ0n) is 11.8. The van der Waals surface area contributed by atoms with E-state index < -0.39 is 0 Å². The smallest absolute Gasteiger partial charge is 0.134 e. The van der Waals surface area contributed by atoms with Gasteiger partial charge in [-0.25, -0.2) is 0 Å². The second-order valence-electron chi connectivity index (χ2n) is 5.16. The molecule has 0 aromatic carbocycles. The number of hydrogen-bond acceptors (Lipinski definition) is 5. The highest BCUT2D eigenvalue weighted by Crippen LogP contribution is 2.41. The lowest BCUT2D eigenvalue weighted by Gasteiger charge is -2.14. The summed E-state index contributed by atoms with van der Waals surface area (Å²) in [6, 6.07) is 0.321. The monoisotopic (exact) mass is 269 g/mol. The van der Waals surface area contributed by atoms with Crippen molar-refractivity contribution in [1.29, 1.82) is 0 Å². The second kappa shape index (κ2) is 5.63. The van der Waals surface area contributed by atoms with E-state index in [-0.39, 0.29) is 6.10 Å². The molecule has 1 aromatic rings. The summed E-state index contributed by atoms with van der Waals surface area (Å²) in [5, 5.41) is 14.2. The van der Waals surface area contributed by atoms with Crippen LogP contribution in [0.4, 0.5) is 0 Å².